The first kappa shape index (κ1) is 21.2. The fourth-order valence-corrected chi connectivity index (χ4v) is 4.39. The van der Waals surface area contributed by atoms with Gasteiger partial charge in [0.25, 0.3) is 5.91 Å². The van der Waals surface area contributed by atoms with Crippen LogP contribution in [0.2, 0.25) is 0 Å². The smallest absolute Gasteiger partial charge is 0.255 e. The van der Waals surface area contributed by atoms with E-state index in [1.807, 2.05) is 54.6 Å². The second-order valence-electron chi connectivity index (χ2n) is 8.96. The number of hydrogen-bond acceptors (Lipinski definition) is 4. The molecular weight excluding hydrogens is 412 g/mol. The van der Waals surface area contributed by atoms with E-state index in [0.717, 1.165) is 37.1 Å². The summed E-state index contributed by atoms with van der Waals surface area (Å²) in [6.07, 6.45) is 8.23. The van der Waals surface area contributed by atoms with Gasteiger partial charge in [-0.25, -0.2) is 4.98 Å². The number of benzene rings is 2. The summed E-state index contributed by atoms with van der Waals surface area (Å²) in [5.74, 6) is 1.17. The number of pyridine rings is 1. The molecule has 2 aromatic carbocycles. The topological polar surface area (TPSA) is 83.1 Å². The van der Waals surface area contributed by atoms with E-state index < -0.39 is 0 Å². The van der Waals surface area contributed by atoms with Crippen LogP contribution in [0.1, 0.15) is 60.4 Å². The van der Waals surface area contributed by atoms with Crippen molar-refractivity contribution in [2.45, 2.75) is 44.4 Å². The number of rotatable bonds is 7. The van der Waals surface area contributed by atoms with Gasteiger partial charge in [-0.15, -0.1) is 0 Å². The third-order valence-electron chi connectivity index (χ3n) is 6.34. The van der Waals surface area contributed by atoms with Crippen LogP contribution in [0.3, 0.4) is 0 Å². The van der Waals surface area contributed by atoms with Crippen LogP contribution in [-0.4, -0.2) is 16.8 Å². The molecule has 0 spiro atoms. The number of hydrogen-bond donors (Lipinski definition) is 3. The molecule has 3 N–H and O–H groups in total. The predicted molar refractivity (Wildman–Crippen MR) is 131 cm³/mol. The molecule has 0 saturated heterocycles. The quantitative estimate of drug-likeness (QED) is 0.415. The van der Waals surface area contributed by atoms with Gasteiger partial charge >= 0.3 is 0 Å². The SMILES string of the molecule is O=C(Nc1cccc(Nc2ccnc(NC(=O)C3CCCC3)c2)c1)c1cccc(C2CC2)c1. The highest BCUT2D eigenvalue weighted by Crippen LogP contribution is 2.40. The van der Waals surface area contributed by atoms with E-state index in [2.05, 4.69) is 27.0 Å². The molecule has 2 fully saturated rings. The van der Waals surface area contributed by atoms with Crippen LogP contribution >= 0.6 is 0 Å². The van der Waals surface area contributed by atoms with Crippen LogP contribution in [0.4, 0.5) is 22.9 Å². The summed E-state index contributed by atoms with van der Waals surface area (Å²) in [4.78, 5) is 29.4. The molecule has 6 nitrogen and oxygen atoms in total. The summed E-state index contributed by atoms with van der Waals surface area (Å²) in [6, 6.07) is 19.1. The van der Waals surface area contributed by atoms with Crippen molar-refractivity contribution in [2.24, 2.45) is 5.92 Å². The van der Waals surface area contributed by atoms with Gasteiger partial charge in [-0.1, -0.05) is 31.0 Å². The van der Waals surface area contributed by atoms with Gasteiger partial charge in [0.1, 0.15) is 5.82 Å². The molecule has 0 radical (unpaired) electrons. The first-order valence-electron chi connectivity index (χ1n) is 11.7. The first-order chi connectivity index (χ1) is 16.1. The van der Waals surface area contributed by atoms with E-state index in [1.54, 1.807) is 6.20 Å². The van der Waals surface area contributed by atoms with E-state index in [1.165, 1.54) is 18.4 Å². The zero-order valence-corrected chi connectivity index (χ0v) is 18.5. The standard InChI is InChI=1S/C27H28N4O2/c32-26(19-5-1-2-6-19)31-25-17-24(13-14-28-25)29-22-9-4-10-23(16-22)30-27(33)21-8-3-7-20(15-21)18-11-12-18/h3-4,7-10,13-19H,1-2,5-6,11-12H2,(H,30,33)(H2,28,29,31,32). The Labute approximate surface area is 193 Å². The van der Waals surface area contributed by atoms with Crippen LogP contribution < -0.4 is 16.0 Å². The maximum Gasteiger partial charge on any atom is 0.255 e. The number of amides is 2. The summed E-state index contributed by atoms with van der Waals surface area (Å²) in [5.41, 5.74) is 4.28. The molecule has 168 valence electrons. The average molecular weight is 441 g/mol. The van der Waals surface area contributed by atoms with Gasteiger partial charge in [-0.3, -0.25) is 9.59 Å². The van der Waals surface area contributed by atoms with Crippen molar-refractivity contribution in [1.82, 2.24) is 4.98 Å². The highest BCUT2D eigenvalue weighted by molar-refractivity contribution is 6.04. The first-order valence-corrected chi connectivity index (χ1v) is 11.7. The molecular formula is C27H28N4O2. The molecule has 0 aliphatic heterocycles. The maximum atomic E-state index is 12.8. The Balaban J connectivity index is 1.23. The van der Waals surface area contributed by atoms with E-state index in [-0.39, 0.29) is 17.7 Å². The molecule has 5 rings (SSSR count). The highest BCUT2D eigenvalue weighted by Gasteiger charge is 2.24. The molecule has 1 aromatic heterocycles. The van der Waals surface area contributed by atoms with Gasteiger partial charge in [0.15, 0.2) is 0 Å². The van der Waals surface area contributed by atoms with Crippen LogP contribution in [0.5, 0.6) is 0 Å². The number of carbonyl (C=O) groups excluding carboxylic acids is 2. The van der Waals surface area contributed by atoms with Gasteiger partial charge in [-0.05, 0) is 73.6 Å². The van der Waals surface area contributed by atoms with E-state index in [9.17, 15) is 9.59 Å². The lowest BCUT2D eigenvalue weighted by Gasteiger charge is -2.12. The zero-order chi connectivity index (χ0) is 22.6. The minimum Gasteiger partial charge on any atom is -0.355 e. The summed E-state index contributed by atoms with van der Waals surface area (Å²) in [7, 11) is 0. The average Bonchev–Trinajstić information content (AvgIpc) is 3.53. The van der Waals surface area contributed by atoms with Crippen LogP contribution in [0.15, 0.2) is 66.9 Å². The van der Waals surface area contributed by atoms with E-state index >= 15 is 0 Å². The third-order valence-corrected chi connectivity index (χ3v) is 6.34. The molecule has 1 heterocycles. The molecule has 33 heavy (non-hydrogen) atoms. The van der Waals surface area contributed by atoms with Crippen molar-refractivity contribution in [3.05, 3.63) is 78.0 Å². The number of nitrogens with zero attached hydrogens (tertiary/aromatic N) is 1. The molecule has 2 aliphatic rings. The Bertz CT molecular complexity index is 1170. The Morgan fingerprint density at radius 2 is 1.55 bits per heavy atom. The third kappa shape index (κ3) is 5.40. The van der Waals surface area contributed by atoms with Gasteiger partial charge in [0.05, 0.1) is 0 Å². The molecule has 6 heteroatoms. The lowest BCUT2D eigenvalue weighted by molar-refractivity contribution is -0.119. The number of anilines is 4. The largest absolute Gasteiger partial charge is 0.355 e. The zero-order valence-electron chi connectivity index (χ0n) is 18.5. The second-order valence-corrected chi connectivity index (χ2v) is 8.96. The lowest BCUT2D eigenvalue weighted by Crippen LogP contribution is -2.20. The molecule has 2 saturated carbocycles. The normalized spacial score (nSPS) is 15.8. The summed E-state index contributed by atoms with van der Waals surface area (Å²) < 4.78 is 0. The molecule has 0 bridgehead atoms. The molecule has 2 aliphatic carbocycles. The van der Waals surface area contributed by atoms with Crippen molar-refractivity contribution in [3.8, 4) is 0 Å². The summed E-state index contributed by atoms with van der Waals surface area (Å²) in [5, 5.41) is 9.26. The van der Waals surface area contributed by atoms with Crippen molar-refractivity contribution < 1.29 is 9.59 Å². The number of aromatic nitrogens is 1. The van der Waals surface area contributed by atoms with E-state index in [4.69, 9.17) is 0 Å². The van der Waals surface area contributed by atoms with Crippen molar-refractivity contribution >= 4 is 34.7 Å². The van der Waals surface area contributed by atoms with Gasteiger partial charge < -0.3 is 16.0 Å². The Morgan fingerprint density at radius 3 is 2.36 bits per heavy atom. The summed E-state index contributed by atoms with van der Waals surface area (Å²) in [6.45, 7) is 0. The van der Waals surface area contributed by atoms with E-state index in [0.29, 0.717) is 23.0 Å². The van der Waals surface area contributed by atoms with Crippen molar-refractivity contribution in [1.29, 1.82) is 0 Å². The Morgan fingerprint density at radius 1 is 0.788 bits per heavy atom. The minimum atomic E-state index is -0.115. The minimum absolute atomic E-state index is 0.0487. The maximum absolute atomic E-state index is 12.8. The number of carbonyl (C=O) groups is 2. The fraction of sp³-hybridized carbons (Fsp3) is 0.296. The van der Waals surface area contributed by atoms with Gasteiger partial charge in [0.2, 0.25) is 5.91 Å². The predicted octanol–water partition coefficient (Wildman–Crippen LogP) is 6.08. The Kier molecular flexibility index (Phi) is 6.07. The van der Waals surface area contributed by atoms with Crippen LogP contribution in [0, 0.1) is 5.92 Å². The molecule has 2 amide bonds. The molecule has 3 aromatic rings. The lowest BCUT2D eigenvalue weighted by atomic mass is 10.1. The highest BCUT2D eigenvalue weighted by atomic mass is 16.2. The summed E-state index contributed by atoms with van der Waals surface area (Å²) >= 11 is 0. The Hall–Kier alpha value is -3.67. The van der Waals surface area contributed by atoms with Crippen molar-refractivity contribution in [2.75, 3.05) is 16.0 Å². The fourth-order valence-electron chi connectivity index (χ4n) is 4.39. The molecule has 0 atom stereocenters. The van der Waals surface area contributed by atoms with Crippen LogP contribution in [0.25, 0.3) is 0 Å². The molecule has 0 unspecified atom stereocenters. The van der Waals surface area contributed by atoms with Crippen molar-refractivity contribution in [3.63, 3.8) is 0 Å². The van der Waals surface area contributed by atoms with Crippen LogP contribution in [-0.2, 0) is 4.79 Å². The van der Waals surface area contributed by atoms with Gasteiger partial charge in [-0.2, -0.15) is 0 Å². The second kappa shape index (κ2) is 9.45. The number of nitrogens with one attached hydrogen (secondary N) is 3. The monoisotopic (exact) mass is 440 g/mol. The van der Waals surface area contributed by atoms with Gasteiger partial charge in [0, 0.05) is 40.8 Å².